The molecule has 0 radical (unpaired) electrons. The van der Waals surface area contributed by atoms with Crippen LogP contribution in [0.5, 0.6) is 0 Å². The molecule has 0 bridgehead atoms. The van der Waals surface area contributed by atoms with Crippen LogP contribution in [0.3, 0.4) is 0 Å². The summed E-state index contributed by atoms with van der Waals surface area (Å²) in [6.07, 6.45) is 1.91. The van der Waals surface area contributed by atoms with Gasteiger partial charge in [-0.15, -0.1) is 22.0 Å². The maximum atomic E-state index is 12.2. The monoisotopic (exact) mass is 344 g/mol. The van der Waals surface area contributed by atoms with Crippen molar-refractivity contribution in [2.45, 2.75) is 25.3 Å². The van der Waals surface area contributed by atoms with Crippen LogP contribution in [-0.4, -0.2) is 22.4 Å². The van der Waals surface area contributed by atoms with Crippen molar-refractivity contribution in [3.63, 3.8) is 0 Å². The average Bonchev–Trinajstić information content (AvgIpc) is 3.18. The Bertz CT molecular complexity index is 869. The summed E-state index contributed by atoms with van der Waals surface area (Å²) >= 11 is 1.49. The summed E-state index contributed by atoms with van der Waals surface area (Å²) in [7, 11) is 0. The Morgan fingerprint density at radius 2 is 2.00 bits per heavy atom. The molecular weight excluding hydrogens is 328 g/mol. The molecule has 6 nitrogen and oxygen atoms in total. The van der Waals surface area contributed by atoms with E-state index >= 15 is 0 Å². The molecule has 0 N–H and O–H groups in total. The van der Waals surface area contributed by atoms with Gasteiger partial charge in [-0.3, -0.25) is 0 Å². The van der Waals surface area contributed by atoms with Gasteiger partial charge in [-0.2, -0.15) is 0 Å². The van der Waals surface area contributed by atoms with Crippen LogP contribution in [0.1, 0.15) is 27.8 Å². The molecule has 0 aliphatic rings. The molecule has 0 amide bonds. The molecule has 1 aromatic carbocycles. The molecule has 7 heteroatoms. The summed E-state index contributed by atoms with van der Waals surface area (Å²) in [4.78, 5) is 13.1. The van der Waals surface area contributed by atoms with Gasteiger partial charge in [0.05, 0.1) is 11.1 Å². The number of ether oxygens (including phenoxy) is 1. The van der Waals surface area contributed by atoms with E-state index in [-0.39, 0.29) is 12.5 Å². The summed E-state index contributed by atoms with van der Waals surface area (Å²) in [6, 6.07) is 9.10. The first kappa shape index (κ1) is 16.3. The number of benzene rings is 1. The Morgan fingerprint density at radius 1 is 1.21 bits per heavy atom. The molecular formula is C17H16N2O4S. The normalized spacial score (nSPS) is 10.8. The first-order valence-corrected chi connectivity index (χ1v) is 8.51. The second kappa shape index (κ2) is 6.92. The first-order chi connectivity index (χ1) is 11.6. The van der Waals surface area contributed by atoms with E-state index in [1.54, 1.807) is 12.1 Å². The SMILES string of the molecule is CSc1ccccc1C(=O)OCc1nnc(-c2cc(C)oc2C)o1. The number of carbonyl (C=O) groups excluding carboxylic acids is 1. The molecule has 24 heavy (non-hydrogen) atoms. The van der Waals surface area contributed by atoms with Crippen molar-refractivity contribution in [3.8, 4) is 11.5 Å². The average molecular weight is 344 g/mol. The molecule has 0 fully saturated rings. The Hall–Kier alpha value is -2.54. The van der Waals surface area contributed by atoms with Crippen LogP contribution in [0.15, 0.2) is 44.1 Å². The highest BCUT2D eigenvalue weighted by molar-refractivity contribution is 7.98. The van der Waals surface area contributed by atoms with Crippen LogP contribution in [0, 0.1) is 13.8 Å². The molecule has 3 rings (SSSR count). The third-order valence-corrected chi connectivity index (χ3v) is 4.19. The second-order valence-electron chi connectivity index (χ2n) is 5.10. The van der Waals surface area contributed by atoms with Crippen molar-refractivity contribution < 1.29 is 18.4 Å². The van der Waals surface area contributed by atoms with Gasteiger partial charge in [0.1, 0.15) is 11.5 Å². The van der Waals surface area contributed by atoms with Gasteiger partial charge in [-0.25, -0.2) is 4.79 Å². The number of hydrogen-bond acceptors (Lipinski definition) is 7. The highest BCUT2D eigenvalue weighted by Gasteiger charge is 2.17. The van der Waals surface area contributed by atoms with Gasteiger partial charge in [0, 0.05) is 4.90 Å². The van der Waals surface area contributed by atoms with Crippen LogP contribution in [0.2, 0.25) is 0 Å². The summed E-state index contributed by atoms with van der Waals surface area (Å²) in [5.74, 6) is 1.63. The third-order valence-electron chi connectivity index (χ3n) is 3.39. The lowest BCUT2D eigenvalue weighted by molar-refractivity contribution is 0.0434. The molecule has 0 saturated heterocycles. The topological polar surface area (TPSA) is 78.4 Å². The van der Waals surface area contributed by atoms with E-state index in [4.69, 9.17) is 13.6 Å². The van der Waals surface area contributed by atoms with Crippen molar-refractivity contribution in [3.05, 3.63) is 53.3 Å². The minimum absolute atomic E-state index is 0.0789. The molecule has 0 aliphatic carbocycles. The third kappa shape index (κ3) is 3.35. The van der Waals surface area contributed by atoms with Gasteiger partial charge in [0.25, 0.3) is 11.8 Å². The zero-order chi connectivity index (χ0) is 17.1. The van der Waals surface area contributed by atoms with Gasteiger partial charge in [-0.1, -0.05) is 12.1 Å². The minimum atomic E-state index is -0.421. The number of rotatable bonds is 5. The van der Waals surface area contributed by atoms with Crippen molar-refractivity contribution >= 4 is 17.7 Å². The summed E-state index contributed by atoms with van der Waals surface area (Å²) < 4.78 is 16.3. The van der Waals surface area contributed by atoms with E-state index in [1.165, 1.54) is 11.8 Å². The van der Waals surface area contributed by atoms with Crippen LogP contribution >= 0.6 is 11.8 Å². The predicted octanol–water partition coefficient (Wildman–Crippen LogP) is 4.03. The van der Waals surface area contributed by atoms with E-state index in [0.717, 1.165) is 16.2 Å². The van der Waals surface area contributed by atoms with Crippen molar-refractivity contribution in [1.82, 2.24) is 10.2 Å². The van der Waals surface area contributed by atoms with Gasteiger partial charge in [0.15, 0.2) is 6.61 Å². The van der Waals surface area contributed by atoms with Crippen LogP contribution in [-0.2, 0) is 11.3 Å². The number of furan rings is 1. The Morgan fingerprint density at radius 3 is 2.71 bits per heavy atom. The number of thioether (sulfide) groups is 1. The Kier molecular flexibility index (Phi) is 4.71. The molecule has 2 heterocycles. The van der Waals surface area contributed by atoms with Crippen molar-refractivity contribution in [2.24, 2.45) is 0 Å². The zero-order valence-electron chi connectivity index (χ0n) is 13.5. The highest BCUT2D eigenvalue weighted by atomic mass is 32.2. The van der Waals surface area contributed by atoms with Crippen LogP contribution in [0.25, 0.3) is 11.5 Å². The number of aromatic nitrogens is 2. The number of carbonyl (C=O) groups is 1. The van der Waals surface area contributed by atoms with E-state index in [2.05, 4.69) is 10.2 Å². The lowest BCUT2D eigenvalue weighted by atomic mass is 10.2. The maximum Gasteiger partial charge on any atom is 0.339 e. The van der Waals surface area contributed by atoms with E-state index in [1.807, 2.05) is 38.3 Å². The largest absolute Gasteiger partial charge is 0.466 e. The molecule has 0 spiro atoms. The molecule has 0 saturated carbocycles. The molecule has 124 valence electrons. The van der Waals surface area contributed by atoms with Crippen LogP contribution < -0.4 is 0 Å². The highest BCUT2D eigenvalue weighted by Crippen LogP contribution is 2.26. The van der Waals surface area contributed by atoms with Crippen LogP contribution in [0.4, 0.5) is 0 Å². The predicted molar refractivity (Wildman–Crippen MR) is 88.8 cm³/mol. The van der Waals surface area contributed by atoms with Gasteiger partial charge in [0.2, 0.25) is 0 Å². The zero-order valence-corrected chi connectivity index (χ0v) is 14.3. The fourth-order valence-corrected chi connectivity index (χ4v) is 2.87. The molecule has 0 atom stereocenters. The Balaban J connectivity index is 1.69. The standard InChI is InChI=1S/C17H16N2O4S/c1-10-8-13(11(2)22-10)16-19-18-15(23-16)9-21-17(20)12-6-4-5-7-14(12)24-3/h4-8H,9H2,1-3H3. The molecule has 0 aliphatic heterocycles. The minimum Gasteiger partial charge on any atom is -0.466 e. The quantitative estimate of drug-likeness (QED) is 0.511. The molecule has 0 unspecified atom stereocenters. The van der Waals surface area contributed by atoms with Crippen molar-refractivity contribution in [2.75, 3.05) is 6.26 Å². The van der Waals surface area contributed by atoms with E-state index in [0.29, 0.717) is 17.2 Å². The fourth-order valence-electron chi connectivity index (χ4n) is 2.28. The first-order valence-electron chi connectivity index (χ1n) is 7.28. The van der Waals surface area contributed by atoms with Gasteiger partial charge < -0.3 is 13.6 Å². The number of esters is 1. The van der Waals surface area contributed by atoms with Gasteiger partial charge >= 0.3 is 5.97 Å². The second-order valence-corrected chi connectivity index (χ2v) is 5.95. The van der Waals surface area contributed by atoms with Gasteiger partial charge in [-0.05, 0) is 38.3 Å². The van der Waals surface area contributed by atoms with E-state index in [9.17, 15) is 4.79 Å². The summed E-state index contributed by atoms with van der Waals surface area (Å²) in [5.41, 5.74) is 1.26. The number of nitrogens with zero attached hydrogens (tertiary/aromatic N) is 2. The summed E-state index contributed by atoms with van der Waals surface area (Å²) in [5, 5.41) is 7.88. The maximum absolute atomic E-state index is 12.2. The fraction of sp³-hybridized carbons (Fsp3) is 0.235. The molecule has 2 aromatic heterocycles. The lowest BCUT2D eigenvalue weighted by Crippen LogP contribution is -2.06. The summed E-state index contributed by atoms with van der Waals surface area (Å²) in [6.45, 7) is 3.59. The lowest BCUT2D eigenvalue weighted by Gasteiger charge is -2.05. The van der Waals surface area contributed by atoms with Crippen molar-refractivity contribution in [1.29, 1.82) is 0 Å². The number of hydrogen-bond donors (Lipinski definition) is 0. The Labute approximate surface area is 143 Å². The van der Waals surface area contributed by atoms with E-state index < -0.39 is 5.97 Å². The molecule has 3 aromatic rings. The smallest absolute Gasteiger partial charge is 0.339 e. The number of aryl methyl sites for hydroxylation is 2.